The number of hydrogen-bond acceptors (Lipinski definition) is 2. The van der Waals surface area contributed by atoms with Crippen LogP contribution in [0.5, 0.6) is 5.75 Å². The summed E-state index contributed by atoms with van der Waals surface area (Å²) >= 11 is 0. The first kappa shape index (κ1) is 8.11. The van der Waals surface area contributed by atoms with Crippen LogP contribution in [0, 0.1) is 0 Å². The molecule has 0 saturated heterocycles. The summed E-state index contributed by atoms with van der Waals surface area (Å²) in [4.78, 5) is 11.8. The first-order valence-corrected chi connectivity index (χ1v) is 5.28. The van der Waals surface area contributed by atoms with Gasteiger partial charge >= 0.3 is 0 Å². The number of benzene rings is 2. The molecular weight excluding hydrogens is 200 g/mol. The van der Waals surface area contributed by atoms with Gasteiger partial charge in [-0.2, -0.15) is 0 Å². The van der Waals surface area contributed by atoms with Crippen molar-refractivity contribution in [2.45, 2.75) is 0 Å². The standard InChI is InChI=1S/C14H8O2/c15-11-7-16-12-6-4-9-2-1-8-3-5-10(11)14(12)13(8)9/h1-6H,7H2. The SMILES string of the molecule is O=C1COc2ccc3c4c(ccc1c24)C=C3. The summed E-state index contributed by atoms with van der Waals surface area (Å²) in [6.07, 6.45) is 4.16. The molecule has 2 aliphatic rings. The van der Waals surface area contributed by atoms with Gasteiger partial charge in [-0.3, -0.25) is 4.79 Å². The Labute approximate surface area is 92.1 Å². The number of rotatable bonds is 0. The lowest BCUT2D eigenvalue weighted by Gasteiger charge is -2.18. The highest BCUT2D eigenvalue weighted by Crippen LogP contribution is 2.40. The third-order valence-corrected chi connectivity index (χ3v) is 3.29. The molecule has 0 bridgehead atoms. The molecule has 0 N–H and O–H groups in total. The van der Waals surface area contributed by atoms with E-state index in [0.717, 1.165) is 22.1 Å². The van der Waals surface area contributed by atoms with Crippen LogP contribution in [0.4, 0.5) is 0 Å². The first-order chi connectivity index (χ1) is 7.84. The molecule has 2 aromatic carbocycles. The zero-order chi connectivity index (χ0) is 10.7. The van der Waals surface area contributed by atoms with E-state index in [9.17, 15) is 4.79 Å². The van der Waals surface area contributed by atoms with Crippen LogP contribution in [0.1, 0.15) is 21.5 Å². The molecule has 1 aliphatic carbocycles. The number of ketones is 1. The summed E-state index contributed by atoms with van der Waals surface area (Å²) in [7, 11) is 0. The van der Waals surface area contributed by atoms with Crippen molar-refractivity contribution in [3.63, 3.8) is 0 Å². The van der Waals surface area contributed by atoms with Crippen LogP contribution in [0.2, 0.25) is 0 Å². The molecule has 0 saturated carbocycles. The largest absolute Gasteiger partial charge is 0.485 e. The molecule has 4 rings (SSSR count). The molecule has 0 atom stereocenters. The molecule has 0 aromatic heterocycles. The number of Topliss-reactive ketones (excluding diaryl/α,β-unsaturated/α-hetero) is 1. The maximum absolute atomic E-state index is 11.8. The fourth-order valence-corrected chi connectivity index (χ4v) is 2.55. The highest BCUT2D eigenvalue weighted by molar-refractivity contribution is 6.18. The Bertz CT molecular complexity index is 668. The topological polar surface area (TPSA) is 26.3 Å². The Morgan fingerprint density at radius 2 is 1.69 bits per heavy atom. The van der Waals surface area contributed by atoms with Crippen molar-refractivity contribution in [3.8, 4) is 5.75 Å². The van der Waals surface area contributed by atoms with Crippen molar-refractivity contribution in [1.29, 1.82) is 0 Å². The average molecular weight is 208 g/mol. The minimum atomic E-state index is 0.0723. The van der Waals surface area contributed by atoms with Crippen LogP contribution in [-0.2, 0) is 0 Å². The molecule has 1 aliphatic heterocycles. The Morgan fingerprint density at radius 3 is 2.50 bits per heavy atom. The van der Waals surface area contributed by atoms with Crippen molar-refractivity contribution in [1.82, 2.24) is 0 Å². The van der Waals surface area contributed by atoms with E-state index >= 15 is 0 Å². The van der Waals surface area contributed by atoms with Crippen LogP contribution < -0.4 is 4.74 Å². The Balaban J connectivity index is 2.30. The third-order valence-electron chi connectivity index (χ3n) is 3.29. The van der Waals surface area contributed by atoms with Gasteiger partial charge in [0.25, 0.3) is 0 Å². The van der Waals surface area contributed by atoms with Gasteiger partial charge < -0.3 is 4.74 Å². The smallest absolute Gasteiger partial charge is 0.200 e. The van der Waals surface area contributed by atoms with E-state index in [0.29, 0.717) is 0 Å². The summed E-state index contributed by atoms with van der Waals surface area (Å²) in [5.74, 6) is 0.905. The molecule has 2 nitrogen and oxygen atoms in total. The van der Waals surface area contributed by atoms with Crippen LogP contribution >= 0.6 is 0 Å². The predicted octanol–water partition coefficient (Wildman–Crippen LogP) is 2.90. The fourth-order valence-electron chi connectivity index (χ4n) is 2.55. The Hall–Kier alpha value is -2.09. The highest BCUT2D eigenvalue weighted by atomic mass is 16.5. The van der Waals surface area contributed by atoms with E-state index in [1.165, 1.54) is 11.1 Å². The monoisotopic (exact) mass is 208 g/mol. The maximum atomic E-state index is 11.8. The van der Waals surface area contributed by atoms with Gasteiger partial charge in [-0.15, -0.1) is 0 Å². The predicted molar refractivity (Wildman–Crippen MR) is 62.7 cm³/mol. The second kappa shape index (κ2) is 2.53. The van der Waals surface area contributed by atoms with Gasteiger partial charge in [-0.25, -0.2) is 0 Å². The quantitative estimate of drug-likeness (QED) is 0.567. The minimum Gasteiger partial charge on any atom is -0.485 e. The van der Waals surface area contributed by atoms with E-state index < -0.39 is 0 Å². The molecule has 2 heteroatoms. The van der Waals surface area contributed by atoms with E-state index in [1.54, 1.807) is 0 Å². The van der Waals surface area contributed by atoms with Crippen molar-refractivity contribution in [2.75, 3.05) is 6.61 Å². The lowest BCUT2D eigenvalue weighted by atomic mass is 9.95. The third kappa shape index (κ3) is 0.807. The average Bonchev–Trinajstić information content (AvgIpc) is 2.73. The molecule has 0 unspecified atom stereocenters. The van der Waals surface area contributed by atoms with Gasteiger partial charge in [0.15, 0.2) is 6.61 Å². The molecule has 0 radical (unpaired) electrons. The van der Waals surface area contributed by atoms with Gasteiger partial charge in [-0.1, -0.05) is 24.3 Å². The van der Waals surface area contributed by atoms with Gasteiger partial charge in [-0.05, 0) is 23.3 Å². The highest BCUT2D eigenvalue weighted by Gasteiger charge is 2.23. The van der Waals surface area contributed by atoms with Crippen molar-refractivity contribution < 1.29 is 9.53 Å². The molecular formula is C14H8O2. The van der Waals surface area contributed by atoms with Crippen molar-refractivity contribution >= 4 is 28.7 Å². The summed E-state index contributed by atoms with van der Waals surface area (Å²) in [6.45, 7) is 0.161. The zero-order valence-corrected chi connectivity index (χ0v) is 8.49. The lowest BCUT2D eigenvalue weighted by molar-refractivity contribution is 0.0915. The number of ether oxygens (including phenoxy) is 1. The second-order valence-electron chi connectivity index (χ2n) is 4.15. The molecule has 0 spiro atoms. The van der Waals surface area contributed by atoms with Crippen molar-refractivity contribution in [2.24, 2.45) is 0 Å². The number of carbonyl (C=O) groups is 1. The van der Waals surface area contributed by atoms with E-state index in [-0.39, 0.29) is 12.4 Å². The summed E-state index contributed by atoms with van der Waals surface area (Å²) in [5, 5.41) is 2.14. The minimum absolute atomic E-state index is 0.0723. The van der Waals surface area contributed by atoms with Crippen LogP contribution in [0.15, 0.2) is 24.3 Å². The molecule has 76 valence electrons. The Kier molecular flexibility index (Phi) is 1.28. The van der Waals surface area contributed by atoms with Crippen molar-refractivity contribution in [3.05, 3.63) is 41.0 Å². The first-order valence-electron chi connectivity index (χ1n) is 5.28. The molecule has 16 heavy (non-hydrogen) atoms. The van der Waals surface area contributed by atoms with Crippen LogP contribution in [0.25, 0.3) is 22.9 Å². The van der Waals surface area contributed by atoms with Crippen LogP contribution in [0.3, 0.4) is 0 Å². The molecule has 2 aromatic rings. The zero-order valence-electron chi connectivity index (χ0n) is 8.49. The van der Waals surface area contributed by atoms with Gasteiger partial charge in [0, 0.05) is 16.3 Å². The normalized spacial score (nSPS) is 15.6. The summed E-state index contributed by atoms with van der Waals surface area (Å²) in [5.41, 5.74) is 3.15. The van der Waals surface area contributed by atoms with E-state index in [1.807, 2.05) is 24.3 Å². The lowest BCUT2D eigenvalue weighted by Crippen LogP contribution is -2.17. The van der Waals surface area contributed by atoms with Gasteiger partial charge in [0.1, 0.15) is 5.75 Å². The number of carbonyl (C=O) groups excluding carboxylic acids is 1. The van der Waals surface area contributed by atoms with E-state index in [4.69, 9.17) is 4.74 Å². The van der Waals surface area contributed by atoms with Crippen LogP contribution in [-0.4, -0.2) is 12.4 Å². The number of hydrogen-bond donors (Lipinski definition) is 0. The molecule has 1 heterocycles. The molecule has 0 amide bonds. The maximum Gasteiger partial charge on any atom is 0.200 e. The summed E-state index contributed by atoms with van der Waals surface area (Å²) < 4.78 is 5.47. The summed E-state index contributed by atoms with van der Waals surface area (Å²) in [6, 6.07) is 7.92. The van der Waals surface area contributed by atoms with Gasteiger partial charge in [0.05, 0.1) is 0 Å². The Morgan fingerprint density at radius 1 is 0.938 bits per heavy atom. The second-order valence-corrected chi connectivity index (χ2v) is 4.15. The molecule has 0 fully saturated rings. The fraction of sp³-hybridized carbons (Fsp3) is 0.0714. The van der Waals surface area contributed by atoms with E-state index in [2.05, 4.69) is 12.2 Å². The van der Waals surface area contributed by atoms with Gasteiger partial charge in [0.2, 0.25) is 5.78 Å².